The highest BCUT2D eigenvalue weighted by molar-refractivity contribution is 9.10. The average Bonchev–Trinajstić information content (AvgIpc) is 2.36. The molecule has 0 amide bonds. The minimum absolute atomic E-state index is 0.269. The molecule has 0 bridgehead atoms. The second-order valence-electron chi connectivity index (χ2n) is 4.50. The molecule has 0 aliphatic carbocycles. The van der Waals surface area contributed by atoms with Crippen LogP contribution in [0.4, 0.5) is 8.78 Å². The lowest BCUT2D eigenvalue weighted by Crippen LogP contribution is -2.26. The Morgan fingerprint density at radius 3 is 2.21 bits per heavy atom. The first-order valence-electron chi connectivity index (χ1n) is 5.99. The smallest absolute Gasteiger partial charge is 0.127 e. The molecule has 0 heterocycles. The maximum atomic E-state index is 13.7. The van der Waals surface area contributed by atoms with Crippen LogP contribution in [0.2, 0.25) is 0 Å². The largest absolute Gasteiger partial charge is 0.327 e. The molecule has 100 valence electrons. The van der Waals surface area contributed by atoms with E-state index in [1.54, 1.807) is 30.3 Å². The molecule has 0 saturated heterocycles. The topological polar surface area (TPSA) is 26.0 Å². The van der Waals surface area contributed by atoms with E-state index in [0.717, 1.165) is 0 Å². The number of halogens is 3. The van der Waals surface area contributed by atoms with Crippen molar-refractivity contribution in [3.8, 4) is 0 Å². The third kappa shape index (κ3) is 3.85. The Balaban J connectivity index is 2.05. The molecule has 0 spiro atoms. The summed E-state index contributed by atoms with van der Waals surface area (Å²) in [5, 5.41) is 0. The SMILES string of the molecule is NC(Cc1ccccc1F)Cc1ccc(Br)cc1F. The van der Waals surface area contributed by atoms with E-state index in [1.807, 2.05) is 0 Å². The van der Waals surface area contributed by atoms with E-state index in [1.165, 1.54) is 12.1 Å². The summed E-state index contributed by atoms with van der Waals surface area (Å²) in [6, 6.07) is 11.1. The molecule has 0 aliphatic rings. The summed E-state index contributed by atoms with van der Waals surface area (Å²) in [4.78, 5) is 0. The van der Waals surface area contributed by atoms with Crippen LogP contribution >= 0.6 is 15.9 Å². The molecule has 0 radical (unpaired) electrons. The van der Waals surface area contributed by atoms with Gasteiger partial charge in [0.2, 0.25) is 0 Å². The fraction of sp³-hybridized carbons (Fsp3) is 0.200. The lowest BCUT2D eigenvalue weighted by molar-refractivity contribution is 0.565. The van der Waals surface area contributed by atoms with Gasteiger partial charge in [-0.15, -0.1) is 0 Å². The molecule has 0 aromatic heterocycles. The van der Waals surface area contributed by atoms with Crippen molar-refractivity contribution in [2.24, 2.45) is 5.73 Å². The van der Waals surface area contributed by atoms with E-state index in [4.69, 9.17) is 5.73 Å². The molecule has 2 aromatic carbocycles. The fourth-order valence-electron chi connectivity index (χ4n) is 1.99. The summed E-state index contributed by atoms with van der Waals surface area (Å²) in [6.07, 6.45) is 0.773. The first-order valence-corrected chi connectivity index (χ1v) is 6.78. The summed E-state index contributed by atoms with van der Waals surface area (Å²) in [6.45, 7) is 0. The highest BCUT2D eigenvalue weighted by Crippen LogP contribution is 2.17. The van der Waals surface area contributed by atoms with Crippen LogP contribution in [-0.4, -0.2) is 6.04 Å². The van der Waals surface area contributed by atoms with E-state index >= 15 is 0 Å². The summed E-state index contributed by atoms with van der Waals surface area (Å²) in [7, 11) is 0. The van der Waals surface area contributed by atoms with Gasteiger partial charge in [0.15, 0.2) is 0 Å². The molecule has 2 N–H and O–H groups in total. The van der Waals surface area contributed by atoms with Crippen LogP contribution in [0.25, 0.3) is 0 Å². The molecule has 2 rings (SSSR count). The van der Waals surface area contributed by atoms with Gasteiger partial charge >= 0.3 is 0 Å². The Hall–Kier alpha value is -1.26. The van der Waals surface area contributed by atoms with Crippen LogP contribution < -0.4 is 5.73 Å². The zero-order valence-electron chi connectivity index (χ0n) is 10.2. The molecular weight excluding hydrogens is 312 g/mol. The number of hydrogen-bond acceptors (Lipinski definition) is 1. The van der Waals surface area contributed by atoms with Crippen molar-refractivity contribution in [3.05, 3.63) is 69.7 Å². The molecule has 0 saturated carbocycles. The van der Waals surface area contributed by atoms with Gasteiger partial charge in [0.05, 0.1) is 0 Å². The van der Waals surface area contributed by atoms with E-state index in [0.29, 0.717) is 28.4 Å². The van der Waals surface area contributed by atoms with Gasteiger partial charge < -0.3 is 5.73 Å². The van der Waals surface area contributed by atoms with Crippen LogP contribution in [0, 0.1) is 11.6 Å². The first-order chi connectivity index (χ1) is 9.06. The summed E-state index contributed by atoms with van der Waals surface area (Å²) in [5.74, 6) is -0.562. The van der Waals surface area contributed by atoms with Crippen molar-refractivity contribution in [1.29, 1.82) is 0 Å². The standard InChI is InChI=1S/C15H14BrF2N/c16-12-6-5-11(15(18)9-12)8-13(19)7-10-3-1-2-4-14(10)17/h1-6,9,13H,7-8,19H2. The first kappa shape index (κ1) is 14.2. The Bertz CT molecular complexity index is 572. The number of rotatable bonds is 4. The Morgan fingerprint density at radius 1 is 0.947 bits per heavy atom. The molecular formula is C15H14BrF2N. The molecule has 1 nitrogen and oxygen atoms in total. The van der Waals surface area contributed by atoms with Gasteiger partial charge in [0.25, 0.3) is 0 Å². The average molecular weight is 326 g/mol. The minimum atomic E-state index is -0.312. The van der Waals surface area contributed by atoms with Crippen LogP contribution in [0.3, 0.4) is 0 Å². The van der Waals surface area contributed by atoms with Gasteiger partial charge in [0.1, 0.15) is 11.6 Å². The van der Waals surface area contributed by atoms with Crippen LogP contribution in [-0.2, 0) is 12.8 Å². The lowest BCUT2D eigenvalue weighted by Gasteiger charge is -2.13. The van der Waals surface area contributed by atoms with Crippen LogP contribution in [0.15, 0.2) is 46.9 Å². The highest BCUT2D eigenvalue weighted by atomic mass is 79.9. The Labute approximate surface area is 119 Å². The second-order valence-corrected chi connectivity index (χ2v) is 5.41. The predicted octanol–water partition coefficient (Wildman–Crippen LogP) is 3.84. The molecule has 2 aromatic rings. The van der Waals surface area contributed by atoms with Gasteiger partial charge in [0, 0.05) is 10.5 Å². The van der Waals surface area contributed by atoms with Crippen molar-refractivity contribution in [2.75, 3.05) is 0 Å². The third-order valence-electron chi connectivity index (χ3n) is 2.94. The third-order valence-corrected chi connectivity index (χ3v) is 3.43. The monoisotopic (exact) mass is 325 g/mol. The number of nitrogens with two attached hydrogens (primary N) is 1. The van der Waals surface area contributed by atoms with Gasteiger partial charge in [-0.3, -0.25) is 0 Å². The van der Waals surface area contributed by atoms with E-state index in [9.17, 15) is 8.78 Å². The van der Waals surface area contributed by atoms with Crippen LogP contribution in [0.1, 0.15) is 11.1 Å². The number of hydrogen-bond donors (Lipinski definition) is 1. The van der Waals surface area contributed by atoms with E-state index in [-0.39, 0.29) is 17.7 Å². The van der Waals surface area contributed by atoms with Gasteiger partial charge in [-0.25, -0.2) is 8.78 Å². The van der Waals surface area contributed by atoms with Crippen molar-refractivity contribution in [1.82, 2.24) is 0 Å². The lowest BCUT2D eigenvalue weighted by atomic mass is 9.99. The summed E-state index contributed by atoms with van der Waals surface area (Å²) in [5.41, 5.74) is 7.08. The van der Waals surface area contributed by atoms with Gasteiger partial charge in [-0.1, -0.05) is 40.2 Å². The Kier molecular flexibility index (Phi) is 4.66. The molecule has 0 fully saturated rings. The summed E-state index contributed by atoms with van der Waals surface area (Å²) >= 11 is 3.20. The quantitative estimate of drug-likeness (QED) is 0.908. The Morgan fingerprint density at radius 2 is 1.58 bits per heavy atom. The maximum Gasteiger partial charge on any atom is 0.127 e. The predicted molar refractivity (Wildman–Crippen MR) is 75.9 cm³/mol. The molecule has 1 atom stereocenters. The summed E-state index contributed by atoms with van der Waals surface area (Å²) < 4.78 is 27.8. The molecule has 4 heteroatoms. The molecule has 19 heavy (non-hydrogen) atoms. The fourth-order valence-corrected chi connectivity index (χ4v) is 2.32. The minimum Gasteiger partial charge on any atom is -0.327 e. The molecule has 1 unspecified atom stereocenters. The van der Waals surface area contributed by atoms with Crippen molar-refractivity contribution < 1.29 is 8.78 Å². The van der Waals surface area contributed by atoms with E-state index < -0.39 is 0 Å². The van der Waals surface area contributed by atoms with Crippen molar-refractivity contribution in [3.63, 3.8) is 0 Å². The van der Waals surface area contributed by atoms with Crippen molar-refractivity contribution >= 4 is 15.9 Å². The number of benzene rings is 2. The van der Waals surface area contributed by atoms with Crippen molar-refractivity contribution in [2.45, 2.75) is 18.9 Å². The second kappa shape index (κ2) is 6.26. The van der Waals surface area contributed by atoms with Gasteiger partial charge in [-0.05, 0) is 42.2 Å². The maximum absolute atomic E-state index is 13.7. The zero-order valence-corrected chi connectivity index (χ0v) is 11.8. The highest BCUT2D eigenvalue weighted by Gasteiger charge is 2.11. The molecule has 0 aliphatic heterocycles. The zero-order chi connectivity index (χ0) is 13.8. The van der Waals surface area contributed by atoms with Crippen LogP contribution in [0.5, 0.6) is 0 Å². The van der Waals surface area contributed by atoms with E-state index in [2.05, 4.69) is 15.9 Å². The van der Waals surface area contributed by atoms with Gasteiger partial charge in [-0.2, -0.15) is 0 Å². The normalized spacial score (nSPS) is 12.4.